The molecule has 0 fully saturated rings. The predicted octanol–water partition coefficient (Wildman–Crippen LogP) is 1.73. The van der Waals surface area contributed by atoms with Gasteiger partial charge in [0.1, 0.15) is 6.29 Å². The van der Waals surface area contributed by atoms with Gasteiger partial charge in [-0.3, -0.25) is 0 Å². The van der Waals surface area contributed by atoms with Gasteiger partial charge >= 0.3 is 0 Å². The van der Waals surface area contributed by atoms with Gasteiger partial charge in [0.2, 0.25) is 0 Å². The van der Waals surface area contributed by atoms with Crippen molar-refractivity contribution in [2.45, 2.75) is 4.51 Å². The number of aliphatic hydroxyl groups is 1. The molecule has 0 amide bonds. The summed E-state index contributed by atoms with van der Waals surface area (Å²) in [5, 5.41) is 9.62. The van der Waals surface area contributed by atoms with Gasteiger partial charge < -0.3 is 9.90 Å². The summed E-state index contributed by atoms with van der Waals surface area (Å²) in [4.78, 5) is 10.4. The van der Waals surface area contributed by atoms with Crippen molar-refractivity contribution in [3.8, 4) is 0 Å². The van der Waals surface area contributed by atoms with Crippen LogP contribution >= 0.6 is 31.9 Å². The van der Waals surface area contributed by atoms with Crippen LogP contribution in [0.3, 0.4) is 0 Å². The lowest BCUT2D eigenvalue weighted by Crippen LogP contribution is -2.32. The number of halogens is 2. The third-order valence-electron chi connectivity index (χ3n) is 1.48. The maximum atomic E-state index is 10.4. The van der Waals surface area contributed by atoms with Crippen LogP contribution in [0.15, 0.2) is 22.7 Å². The number of alkyl halides is 1. The van der Waals surface area contributed by atoms with Gasteiger partial charge in [-0.25, -0.2) is 0 Å². The minimum absolute atomic E-state index is 0.526. The van der Waals surface area contributed by atoms with Crippen LogP contribution in [0.1, 0.15) is 0 Å². The van der Waals surface area contributed by atoms with Gasteiger partial charge in [0.15, 0.2) is 4.51 Å². The number of hydrogen-bond donors (Lipinski definition) is 1. The minimum atomic E-state index is -1.26. The van der Waals surface area contributed by atoms with Crippen molar-refractivity contribution < 1.29 is 9.90 Å². The summed E-state index contributed by atoms with van der Waals surface area (Å²) < 4.78 is -0.701. The van der Waals surface area contributed by atoms with Crippen molar-refractivity contribution in [2.24, 2.45) is 5.92 Å². The first-order valence-electron chi connectivity index (χ1n) is 3.00. The number of carbonyl (C=O) groups excluding carboxylic acids is 1. The molecule has 1 rings (SSSR count). The number of rotatable bonds is 1. The monoisotopic (exact) mass is 280 g/mol. The normalized spacial score (nSPS) is 36.6. The Morgan fingerprint density at radius 3 is 2.82 bits per heavy atom. The Morgan fingerprint density at radius 1 is 1.73 bits per heavy atom. The second-order valence-electron chi connectivity index (χ2n) is 2.23. The first-order valence-corrected chi connectivity index (χ1v) is 4.58. The molecule has 0 radical (unpaired) electrons. The highest BCUT2D eigenvalue weighted by molar-refractivity contribution is 9.14. The Morgan fingerprint density at radius 2 is 2.36 bits per heavy atom. The summed E-state index contributed by atoms with van der Waals surface area (Å²) in [6, 6.07) is 0. The van der Waals surface area contributed by atoms with Crippen LogP contribution in [0.4, 0.5) is 0 Å². The van der Waals surface area contributed by atoms with E-state index in [-0.39, 0.29) is 0 Å². The summed E-state index contributed by atoms with van der Waals surface area (Å²) in [5.74, 6) is -0.526. The van der Waals surface area contributed by atoms with Crippen LogP contribution in [-0.4, -0.2) is 15.9 Å². The second kappa shape index (κ2) is 3.21. The van der Waals surface area contributed by atoms with E-state index in [1.54, 1.807) is 18.2 Å². The molecule has 2 atom stereocenters. The molecule has 0 aromatic rings. The van der Waals surface area contributed by atoms with Crippen molar-refractivity contribution >= 4 is 38.1 Å². The summed E-state index contributed by atoms with van der Waals surface area (Å²) in [6.45, 7) is 0. The molecule has 60 valence electrons. The Hall–Kier alpha value is 0.0700. The third kappa shape index (κ3) is 1.63. The van der Waals surface area contributed by atoms with Gasteiger partial charge in [0.25, 0.3) is 0 Å². The molecule has 2 unspecified atom stereocenters. The zero-order valence-corrected chi connectivity index (χ0v) is 8.67. The Kier molecular flexibility index (Phi) is 2.67. The summed E-state index contributed by atoms with van der Waals surface area (Å²) in [6.07, 6.45) is 5.74. The molecule has 4 heteroatoms. The minimum Gasteiger partial charge on any atom is -0.373 e. The third-order valence-corrected chi connectivity index (χ3v) is 3.84. The van der Waals surface area contributed by atoms with E-state index in [1.165, 1.54) is 0 Å². The Balaban J connectivity index is 2.97. The molecule has 2 nitrogen and oxygen atoms in total. The van der Waals surface area contributed by atoms with Gasteiger partial charge in [-0.05, 0) is 22.0 Å². The highest BCUT2D eigenvalue weighted by Gasteiger charge is 2.36. The van der Waals surface area contributed by atoms with Gasteiger partial charge in [0, 0.05) is 4.48 Å². The lowest BCUT2D eigenvalue weighted by atomic mass is 9.99. The summed E-state index contributed by atoms with van der Waals surface area (Å²) in [5.41, 5.74) is 0. The Labute approximate surface area is 81.2 Å². The van der Waals surface area contributed by atoms with Gasteiger partial charge in [-0.2, -0.15) is 0 Å². The van der Waals surface area contributed by atoms with Crippen LogP contribution in [0.25, 0.3) is 0 Å². The van der Waals surface area contributed by atoms with E-state index in [2.05, 4.69) is 31.9 Å². The van der Waals surface area contributed by atoms with Gasteiger partial charge in [-0.15, -0.1) is 0 Å². The van der Waals surface area contributed by atoms with E-state index in [1.807, 2.05) is 0 Å². The van der Waals surface area contributed by atoms with E-state index >= 15 is 0 Å². The fraction of sp³-hybridized carbons (Fsp3) is 0.286. The summed E-state index contributed by atoms with van der Waals surface area (Å²) in [7, 11) is 0. The quantitative estimate of drug-likeness (QED) is 0.587. The van der Waals surface area contributed by atoms with E-state index in [0.29, 0.717) is 10.8 Å². The molecule has 11 heavy (non-hydrogen) atoms. The van der Waals surface area contributed by atoms with Crippen LogP contribution < -0.4 is 0 Å². The van der Waals surface area contributed by atoms with Crippen molar-refractivity contribution in [2.75, 3.05) is 0 Å². The summed E-state index contributed by atoms with van der Waals surface area (Å²) >= 11 is 6.19. The van der Waals surface area contributed by atoms with Crippen molar-refractivity contribution in [3.05, 3.63) is 22.7 Å². The number of aldehydes is 1. The zero-order valence-electron chi connectivity index (χ0n) is 5.50. The first kappa shape index (κ1) is 9.16. The highest BCUT2D eigenvalue weighted by atomic mass is 79.9. The van der Waals surface area contributed by atoms with Crippen molar-refractivity contribution in [3.63, 3.8) is 0 Å². The van der Waals surface area contributed by atoms with Gasteiger partial charge in [-0.1, -0.05) is 28.1 Å². The van der Waals surface area contributed by atoms with Gasteiger partial charge in [0.05, 0.1) is 5.92 Å². The molecule has 1 N–H and O–H groups in total. The molecule has 0 saturated heterocycles. The van der Waals surface area contributed by atoms with Crippen LogP contribution in [0, 0.1) is 5.92 Å². The van der Waals surface area contributed by atoms with Crippen LogP contribution in [0.2, 0.25) is 0 Å². The smallest absolute Gasteiger partial charge is 0.164 e. The van der Waals surface area contributed by atoms with E-state index < -0.39 is 10.4 Å². The molecular formula is C7H6Br2O2. The maximum absolute atomic E-state index is 10.4. The molecule has 0 bridgehead atoms. The van der Waals surface area contributed by atoms with Crippen molar-refractivity contribution in [1.82, 2.24) is 0 Å². The predicted molar refractivity (Wildman–Crippen MR) is 49.6 cm³/mol. The largest absolute Gasteiger partial charge is 0.373 e. The van der Waals surface area contributed by atoms with Crippen LogP contribution in [0.5, 0.6) is 0 Å². The lowest BCUT2D eigenvalue weighted by molar-refractivity contribution is -0.112. The fourth-order valence-electron chi connectivity index (χ4n) is 0.799. The highest BCUT2D eigenvalue weighted by Crippen LogP contribution is 2.38. The molecule has 0 aromatic carbocycles. The number of hydrogen-bond acceptors (Lipinski definition) is 2. The topological polar surface area (TPSA) is 37.3 Å². The maximum Gasteiger partial charge on any atom is 0.164 e. The average molecular weight is 282 g/mol. The van der Waals surface area contributed by atoms with E-state index in [0.717, 1.165) is 0 Å². The zero-order chi connectivity index (χ0) is 8.48. The molecular weight excluding hydrogens is 276 g/mol. The lowest BCUT2D eigenvalue weighted by Gasteiger charge is -2.26. The molecule has 0 aliphatic heterocycles. The van der Waals surface area contributed by atoms with Crippen molar-refractivity contribution in [1.29, 1.82) is 0 Å². The van der Waals surface area contributed by atoms with Crippen LogP contribution in [-0.2, 0) is 4.79 Å². The van der Waals surface area contributed by atoms with E-state index in [9.17, 15) is 9.90 Å². The molecule has 0 saturated carbocycles. The molecule has 1 aliphatic carbocycles. The fourth-order valence-corrected chi connectivity index (χ4v) is 1.61. The standard InChI is InChI=1S/C7H6Br2O2/c8-6-3-1-2-5(4-10)7(6,9)11/h1-5,11H. The molecule has 1 aliphatic rings. The molecule has 0 heterocycles. The SMILES string of the molecule is O=CC1C=CC=C(Br)C1(O)Br. The van der Waals surface area contributed by atoms with E-state index in [4.69, 9.17) is 0 Å². The Bertz CT molecular complexity index is 231. The average Bonchev–Trinajstić information content (AvgIpc) is 1.95. The first-order chi connectivity index (χ1) is 5.09. The number of carbonyl (C=O) groups is 1. The molecule has 0 spiro atoms. The second-order valence-corrected chi connectivity index (χ2v) is 4.30. The molecule has 0 aromatic heterocycles. The number of allylic oxidation sites excluding steroid dienone is 2.